The summed E-state index contributed by atoms with van der Waals surface area (Å²) in [6, 6.07) is 8.83. The number of rotatable bonds is 5. The number of hydrogen-bond donors (Lipinski definition) is 1. The standard InChI is InChI=1S/C16H14ClN3O3/c1-10-4-5-11(17)9-12(10)18-14(21)6-7-15-19-16(20-23-15)13-3-2-8-22-13/h2-5,8-9H,6-7H2,1H3,(H,18,21). The number of amides is 1. The molecule has 0 fully saturated rings. The van der Waals surface area contributed by atoms with Gasteiger partial charge in [0.15, 0.2) is 5.76 Å². The van der Waals surface area contributed by atoms with Gasteiger partial charge in [-0.1, -0.05) is 22.8 Å². The van der Waals surface area contributed by atoms with Crippen LogP contribution in [0.4, 0.5) is 5.69 Å². The molecule has 0 spiro atoms. The van der Waals surface area contributed by atoms with E-state index in [0.29, 0.717) is 34.6 Å². The molecule has 0 radical (unpaired) electrons. The predicted octanol–water partition coefficient (Wildman–Crippen LogP) is 3.86. The second kappa shape index (κ2) is 6.66. The van der Waals surface area contributed by atoms with Gasteiger partial charge in [0.1, 0.15) is 0 Å². The summed E-state index contributed by atoms with van der Waals surface area (Å²) in [6.45, 7) is 1.90. The number of benzene rings is 1. The highest BCUT2D eigenvalue weighted by Gasteiger charge is 2.13. The minimum Gasteiger partial charge on any atom is -0.461 e. The molecule has 0 saturated carbocycles. The molecule has 118 valence electrons. The summed E-state index contributed by atoms with van der Waals surface area (Å²) < 4.78 is 10.3. The number of carbonyl (C=O) groups excluding carboxylic acids is 1. The van der Waals surface area contributed by atoms with Gasteiger partial charge in [0.05, 0.1) is 6.26 Å². The summed E-state index contributed by atoms with van der Waals surface area (Å²) >= 11 is 5.93. The Labute approximate surface area is 137 Å². The lowest BCUT2D eigenvalue weighted by Crippen LogP contribution is -2.13. The highest BCUT2D eigenvalue weighted by molar-refractivity contribution is 6.31. The average molecular weight is 332 g/mol. The van der Waals surface area contributed by atoms with Crippen LogP contribution >= 0.6 is 11.6 Å². The summed E-state index contributed by atoms with van der Waals surface area (Å²) in [5, 5.41) is 7.22. The second-order valence-electron chi connectivity index (χ2n) is 5.00. The van der Waals surface area contributed by atoms with Gasteiger partial charge in [-0.25, -0.2) is 0 Å². The van der Waals surface area contributed by atoms with Crippen LogP contribution in [0.3, 0.4) is 0 Å². The maximum Gasteiger partial charge on any atom is 0.238 e. The van der Waals surface area contributed by atoms with E-state index < -0.39 is 0 Å². The third-order valence-electron chi connectivity index (χ3n) is 3.25. The Hall–Kier alpha value is -2.60. The smallest absolute Gasteiger partial charge is 0.238 e. The molecular formula is C16H14ClN3O3. The molecule has 0 bridgehead atoms. The topological polar surface area (TPSA) is 81.2 Å². The van der Waals surface area contributed by atoms with Gasteiger partial charge in [0, 0.05) is 23.6 Å². The summed E-state index contributed by atoms with van der Waals surface area (Å²) in [5.74, 6) is 1.14. The lowest BCUT2D eigenvalue weighted by atomic mass is 10.2. The van der Waals surface area contributed by atoms with Gasteiger partial charge in [-0.15, -0.1) is 0 Å². The van der Waals surface area contributed by atoms with E-state index in [-0.39, 0.29) is 12.3 Å². The monoisotopic (exact) mass is 331 g/mol. The van der Waals surface area contributed by atoms with Crippen LogP contribution in [0.5, 0.6) is 0 Å². The number of aromatic nitrogens is 2. The number of nitrogens with zero attached hydrogens (tertiary/aromatic N) is 2. The fraction of sp³-hybridized carbons (Fsp3) is 0.188. The molecular weight excluding hydrogens is 318 g/mol. The minimum atomic E-state index is -0.145. The van der Waals surface area contributed by atoms with Gasteiger partial charge in [-0.2, -0.15) is 4.98 Å². The van der Waals surface area contributed by atoms with E-state index in [0.717, 1.165) is 5.56 Å². The largest absolute Gasteiger partial charge is 0.461 e. The summed E-state index contributed by atoms with van der Waals surface area (Å²) in [6.07, 6.45) is 2.11. The first-order valence-electron chi connectivity index (χ1n) is 7.04. The fourth-order valence-corrected chi connectivity index (χ4v) is 2.20. The van der Waals surface area contributed by atoms with Crippen LogP contribution < -0.4 is 5.32 Å². The van der Waals surface area contributed by atoms with Crippen LogP contribution in [0.2, 0.25) is 5.02 Å². The van der Waals surface area contributed by atoms with Gasteiger partial charge >= 0.3 is 0 Å². The van der Waals surface area contributed by atoms with Crippen molar-refractivity contribution in [3.8, 4) is 11.6 Å². The van der Waals surface area contributed by atoms with Crippen LogP contribution in [0, 0.1) is 6.92 Å². The molecule has 1 N–H and O–H groups in total. The highest BCUT2D eigenvalue weighted by atomic mass is 35.5. The maximum atomic E-state index is 12.0. The van der Waals surface area contributed by atoms with Crippen molar-refractivity contribution >= 4 is 23.2 Å². The van der Waals surface area contributed by atoms with Crippen molar-refractivity contribution in [3.63, 3.8) is 0 Å². The van der Waals surface area contributed by atoms with Crippen LogP contribution in [0.1, 0.15) is 17.9 Å². The van der Waals surface area contributed by atoms with Crippen molar-refractivity contribution in [2.75, 3.05) is 5.32 Å². The molecule has 0 aliphatic heterocycles. The molecule has 3 rings (SSSR count). The third kappa shape index (κ3) is 3.78. The number of aryl methyl sites for hydroxylation is 2. The van der Waals surface area contributed by atoms with Gasteiger partial charge in [-0.3, -0.25) is 4.79 Å². The molecule has 3 aromatic rings. The predicted molar refractivity (Wildman–Crippen MR) is 85.1 cm³/mol. The Balaban J connectivity index is 1.58. The SMILES string of the molecule is Cc1ccc(Cl)cc1NC(=O)CCc1nc(-c2ccco2)no1. The molecule has 0 saturated heterocycles. The van der Waals surface area contributed by atoms with Crippen molar-refractivity contribution in [1.82, 2.24) is 10.1 Å². The van der Waals surface area contributed by atoms with Gasteiger partial charge in [0.25, 0.3) is 0 Å². The van der Waals surface area contributed by atoms with E-state index >= 15 is 0 Å². The van der Waals surface area contributed by atoms with Crippen molar-refractivity contribution in [1.29, 1.82) is 0 Å². The zero-order chi connectivity index (χ0) is 16.2. The maximum absolute atomic E-state index is 12.0. The summed E-state index contributed by atoms with van der Waals surface area (Å²) in [7, 11) is 0. The second-order valence-corrected chi connectivity index (χ2v) is 5.43. The van der Waals surface area contributed by atoms with Gasteiger partial charge in [-0.05, 0) is 36.8 Å². The molecule has 0 atom stereocenters. The van der Waals surface area contributed by atoms with Crippen molar-refractivity contribution in [2.24, 2.45) is 0 Å². The zero-order valence-corrected chi connectivity index (χ0v) is 13.1. The molecule has 0 unspecified atom stereocenters. The van der Waals surface area contributed by atoms with Crippen molar-refractivity contribution in [2.45, 2.75) is 19.8 Å². The van der Waals surface area contributed by atoms with E-state index in [1.807, 2.05) is 13.0 Å². The minimum absolute atomic E-state index is 0.145. The Morgan fingerprint density at radius 2 is 2.22 bits per heavy atom. The average Bonchev–Trinajstić information content (AvgIpc) is 3.19. The number of halogens is 1. The van der Waals surface area contributed by atoms with Crippen molar-refractivity contribution in [3.05, 3.63) is 53.1 Å². The van der Waals surface area contributed by atoms with Gasteiger partial charge in [0.2, 0.25) is 17.6 Å². The first-order chi connectivity index (χ1) is 11.1. The third-order valence-corrected chi connectivity index (χ3v) is 3.48. The zero-order valence-electron chi connectivity index (χ0n) is 12.4. The number of furan rings is 1. The Morgan fingerprint density at radius 1 is 1.35 bits per heavy atom. The van der Waals surface area contributed by atoms with Crippen LogP contribution in [-0.2, 0) is 11.2 Å². The lowest BCUT2D eigenvalue weighted by Gasteiger charge is -2.08. The quantitative estimate of drug-likeness (QED) is 0.767. The number of hydrogen-bond acceptors (Lipinski definition) is 5. The van der Waals surface area contributed by atoms with Gasteiger partial charge < -0.3 is 14.3 Å². The van der Waals surface area contributed by atoms with Crippen LogP contribution in [0.15, 0.2) is 45.5 Å². The molecule has 6 nitrogen and oxygen atoms in total. The van der Waals surface area contributed by atoms with E-state index in [2.05, 4.69) is 15.5 Å². The molecule has 1 aromatic carbocycles. The van der Waals surface area contributed by atoms with E-state index in [1.54, 1.807) is 24.3 Å². The first-order valence-corrected chi connectivity index (χ1v) is 7.42. The Morgan fingerprint density at radius 3 is 3.00 bits per heavy atom. The summed E-state index contributed by atoms with van der Waals surface area (Å²) in [5.41, 5.74) is 1.64. The molecule has 0 aliphatic rings. The first kappa shape index (κ1) is 15.3. The molecule has 23 heavy (non-hydrogen) atoms. The molecule has 1 amide bonds. The van der Waals surface area contributed by atoms with Crippen LogP contribution in [0.25, 0.3) is 11.6 Å². The Bertz CT molecular complexity index is 812. The van der Waals surface area contributed by atoms with E-state index in [1.165, 1.54) is 6.26 Å². The fourth-order valence-electron chi connectivity index (χ4n) is 2.02. The number of nitrogens with one attached hydrogen (secondary N) is 1. The number of anilines is 1. The lowest BCUT2D eigenvalue weighted by molar-refractivity contribution is -0.116. The molecule has 2 aromatic heterocycles. The van der Waals surface area contributed by atoms with Crippen LogP contribution in [-0.4, -0.2) is 16.0 Å². The molecule has 7 heteroatoms. The summed E-state index contributed by atoms with van der Waals surface area (Å²) in [4.78, 5) is 16.2. The normalized spacial score (nSPS) is 10.7. The Kier molecular flexibility index (Phi) is 4.43. The van der Waals surface area contributed by atoms with Crippen molar-refractivity contribution < 1.29 is 13.7 Å². The number of carbonyl (C=O) groups is 1. The molecule has 0 aliphatic carbocycles. The highest BCUT2D eigenvalue weighted by Crippen LogP contribution is 2.21. The van der Waals surface area contributed by atoms with E-state index in [9.17, 15) is 4.79 Å². The van der Waals surface area contributed by atoms with E-state index in [4.69, 9.17) is 20.5 Å². The molecule has 2 heterocycles.